The van der Waals surface area contributed by atoms with E-state index in [2.05, 4.69) is 28.9 Å². The van der Waals surface area contributed by atoms with Crippen molar-refractivity contribution in [2.45, 2.75) is 31.9 Å². The van der Waals surface area contributed by atoms with Crippen LogP contribution in [0.3, 0.4) is 0 Å². The summed E-state index contributed by atoms with van der Waals surface area (Å²) in [4.78, 5) is 18.6. The highest BCUT2D eigenvalue weighted by Crippen LogP contribution is 2.47. The summed E-state index contributed by atoms with van der Waals surface area (Å²) in [6.45, 7) is 4.06. The number of aromatic nitrogens is 1. The third-order valence-electron chi connectivity index (χ3n) is 6.84. The Balaban J connectivity index is 1.54. The maximum absolute atomic E-state index is 12.3. The molecule has 0 radical (unpaired) electrons. The monoisotopic (exact) mass is 382 g/mol. The van der Waals surface area contributed by atoms with Crippen LogP contribution < -0.4 is 4.74 Å². The molecule has 148 valence electrons. The fourth-order valence-corrected chi connectivity index (χ4v) is 5.34. The molecule has 0 amide bonds. The third kappa shape index (κ3) is 2.54. The van der Waals surface area contributed by atoms with Crippen molar-refractivity contribution in [3.05, 3.63) is 41.3 Å². The molecule has 3 aliphatic heterocycles. The summed E-state index contributed by atoms with van der Waals surface area (Å²) in [5.74, 6) is 1.08. The molecule has 28 heavy (non-hydrogen) atoms. The van der Waals surface area contributed by atoms with Crippen LogP contribution in [0, 0.1) is 11.8 Å². The molecule has 5 rings (SSSR count). The molecule has 4 heterocycles. The molecule has 0 unspecified atom stereocenters. The van der Waals surface area contributed by atoms with Crippen molar-refractivity contribution in [1.29, 1.82) is 0 Å². The lowest BCUT2D eigenvalue weighted by Crippen LogP contribution is -2.51. The van der Waals surface area contributed by atoms with Gasteiger partial charge in [0.25, 0.3) is 0 Å². The number of hydrogen-bond acceptors (Lipinski definition) is 5. The van der Waals surface area contributed by atoms with Crippen molar-refractivity contribution >= 4 is 16.9 Å². The maximum atomic E-state index is 12.3. The van der Waals surface area contributed by atoms with Gasteiger partial charge >= 0.3 is 5.97 Å². The molecule has 6 nitrogen and oxygen atoms in total. The Kier molecular flexibility index (Phi) is 4.12. The highest BCUT2D eigenvalue weighted by molar-refractivity contribution is 5.89. The number of aromatic amines is 1. The zero-order valence-electron chi connectivity index (χ0n) is 16.5. The standard InChI is InChI=1S/C22H26N2O4/c1-12-17-10-24-7-6-14-16-8-13(26-2)4-5-19(16)23-21(14)20(24)9-15(17)18(11-28-12)22(25)27-3/h4-5,8,11-12,15,17,20,23H,6-7,9-10H2,1-3H3/t12-,15+,17+,20+/m1/s1. The van der Waals surface area contributed by atoms with Gasteiger partial charge in [0, 0.05) is 41.5 Å². The lowest BCUT2D eigenvalue weighted by Gasteiger charge is -2.49. The Bertz CT molecular complexity index is 963. The lowest BCUT2D eigenvalue weighted by atomic mass is 9.72. The van der Waals surface area contributed by atoms with Crippen LogP contribution in [0.15, 0.2) is 30.0 Å². The summed E-state index contributed by atoms with van der Waals surface area (Å²) in [7, 11) is 3.14. The Hall–Kier alpha value is -2.47. The number of methoxy groups -OCH3 is 2. The number of nitrogens with one attached hydrogen (secondary N) is 1. The molecule has 3 aliphatic rings. The van der Waals surface area contributed by atoms with Crippen molar-refractivity contribution < 1.29 is 19.0 Å². The van der Waals surface area contributed by atoms with Crippen molar-refractivity contribution in [2.24, 2.45) is 11.8 Å². The first kappa shape index (κ1) is 17.6. The first-order chi connectivity index (χ1) is 13.6. The minimum Gasteiger partial charge on any atom is -0.497 e. The van der Waals surface area contributed by atoms with Gasteiger partial charge in [0.2, 0.25) is 0 Å². The fraction of sp³-hybridized carbons (Fsp3) is 0.500. The topological polar surface area (TPSA) is 63.8 Å². The van der Waals surface area contributed by atoms with Crippen LogP contribution in [-0.4, -0.2) is 49.3 Å². The average Bonchev–Trinajstić information content (AvgIpc) is 3.10. The number of fused-ring (bicyclic) bond motifs is 6. The van der Waals surface area contributed by atoms with Crippen LogP contribution in [0.4, 0.5) is 0 Å². The van der Waals surface area contributed by atoms with Gasteiger partial charge in [-0.05, 0) is 43.5 Å². The summed E-state index contributed by atoms with van der Waals surface area (Å²) < 4.78 is 16.3. The number of ether oxygens (including phenoxy) is 3. The molecule has 0 aliphatic carbocycles. The zero-order valence-corrected chi connectivity index (χ0v) is 16.5. The number of hydrogen-bond donors (Lipinski definition) is 1. The number of H-pyrrole nitrogens is 1. The van der Waals surface area contributed by atoms with Crippen LogP contribution >= 0.6 is 0 Å². The van der Waals surface area contributed by atoms with Gasteiger partial charge < -0.3 is 19.2 Å². The summed E-state index contributed by atoms with van der Waals surface area (Å²) in [6.07, 6.45) is 3.65. The van der Waals surface area contributed by atoms with Crippen molar-refractivity contribution in [3.63, 3.8) is 0 Å². The highest BCUT2D eigenvalue weighted by atomic mass is 16.5. The minimum atomic E-state index is -0.271. The van der Waals surface area contributed by atoms with E-state index in [1.807, 2.05) is 6.07 Å². The highest BCUT2D eigenvalue weighted by Gasteiger charge is 2.46. The second-order valence-electron chi connectivity index (χ2n) is 8.10. The van der Waals surface area contributed by atoms with Gasteiger partial charge in [-0.25, -0.2) is 4.79 Å². The number of carbonyl (C=O) groups excluding carboxylic acids is 1. The lowest BCUT2D eigenvalue weighted by molar-refractivity contribution is -0.139. The number of esters is 1. The molecular formula is C22H26N2O4. The minimum absolute atomic E-state index is 0.104. The van der Waals surface area contributed by atoms with E-state index in [0.29, 0.717) is 11.5 Å². The van der Waals surface area contributed by atoms with Crippen molar-refractivity contribution in [1.82, 2.24) is 9.88 Å². The first-order valence-corrected chi connectivity index (χ1v) is 9.97. The predicted octanol–water partition coefficient (Wildman–Crippen LogP) is 3.19. The van der Waals surface area contributed by atoms with Gasteiger partial charge in [-0.1, -0.05) is 0 Å². The fourth-order valence-electron chi connectivity index (χ4n) is 5.34. The van der Waals surface area contributed by atoms with E-state index in [0.717, 1.165) is 37.2 Å². The molecule has 1 N–H and O–H groups in total. The van der Waals surface area contributed by atoms with E-state index in [4.69, 9.17) is 14.2 Å². The second-order valence-corrected chi connectivity index (χ2v) is 8.10. The summed E-state index contributed by atoms with van der Waals surface area (Å²) in [5, 5.41) is 1.25. The molecule has 1 aromatic heterocycles. The smallest absolute Gasteiger partial charge is 0.337 e. The average molecular weight is 382 g/mol. The largest absolute Gasteiger partial charge is 0.497 e. The third-order valence-corrected chi connectivity index (χ3v) is 6.84. The summed E-state index contributed by atoms with van der Waals surface area (Å²) in [6, 6.07) is 6.50. The van der Waals surface area contributed by atoms with Gasteiger partial charge in [0.1, 0.15) is 5.75 Å². The molecule has 1 aromatic carbocycles. The number of nitrogens with zero attached hydrogens (tertiary/aromatic N) is 1. The SMILES string of the molecule is COC(=O)C1=CO[C@H](C)[C@@H]2CN3CCc4c([nH]c5ccc(OC)cc45)[C@@H]3C[C@H]12. The van der Waals surface area contributed by atoms with Crippen molar-refractivity contribution in [2.75, 3.05) is 27.3 Å². The van der Waals surface area contributed by atoms with E-state index in [1.165, 1.54) is 23.8 Å². The Morgan fingerprint density at radius 2 is 2.18 bits per heavy atom. The zero-order chi connectivity index (χ0) is 19.4. The molecule has 0 bridgehead atoms. The molecule has 2 aromatic rings. The van der Waals surface area contributed by atoms with E-state index in [1.54, 1.807) is 13.4 Å². The van der Waals surface area contributed by atoms with Crippen molar-refractivity contribution in [3.8, 4) is 5.75 Å². The molecule has 0 saturated carbocycles. The Morgan fingerprint density at radius 1 is 1.32 bits per heavy atom. The predicted molar refractivity (Wildman–Crippen MR) is 105 cm³/mol. The van der Waals surface area contributed by atoms with Gasteiger partial charge in [-0.2, -0.15) is 0 Å². The summed E-state index contributed by atoms with van der Waals surface area (Å²) >= 11 is 0. The molecular weight excluding hydrogens is 356 g/mol. The van der Waals surface area contributed by atoms with Gasteiger partial charge in [0.05, 0.1) is 38.2 Å². The maximum Gasteiger partial charge on any atom is 0.337 e. The first-order valence-electron chi connectivity index (χ1n) is 9.97. The molecule has 0 spiro atoms. The van der Waals surface area contributed by atoms with Crippen LogP contribution in [0.25, 0.3) is 10.9 Å². The molecule has 1 fully saturated rings. The van der Waals surface area contributed by atoms with Crippen LogP contribution in [0.5, 0.6) is 5.75 Å². The van der Waals surface area contributed by atoms with E-state index < -0.39 is 0 Å². The van der Waals surface area contributed by atoms with Gasteiger partial charge in [-0.15, -0.1) is 0 Å². The number of carbonyl (C=O) groups is 1. The Labute approximate surface area is 164 Å². The van der Waals surface area contributed by atoms with Gasteiger partial charge in [0.15, 0.2) is 0 Å². The van der Waals surface area contributed by atoms with Crippen LogP contribution in [0.1, 0.15) is 30.6 Å². The van der Waals surface area contributed by atoms with E-state index in [-0.39, 0.29) is 24.0 Å². The summed E-state index contributed by atoms with van der Waals surface area (Å²) in [5.41, 5.74) is 4.50. The van der Waals surface area contributed by atoms with Crippen LogP contribution in [-0.2, 0) is 20.7 Å². The molecule has 4 atom stereocenters. The van der Waals surface area contributed by atoms with E-state index in [9.17, 15) is 4.79 Å². The van der Waals surface area contributed by atoms with E-state index >= 15 is 0 Å². The number of rotatable bonds is 2. The van der Waals surface area contributed by atoms with Gasteiger partial charge in [-0.3, -0.25) is 4.90 Å². The quantitative estimate of drug-likeness (QED) is 0.809. The molecule has 1 saturated heterocycles. The normalized spacial score (nSPS) is 29.2. The number of benzene rings is 1. The van der Waals surface area contributed by atoms with Crippen LogP contribution in [0.2, 0.25) is 0 Å². The number of piperidine rings is 1. The Morgan fingerprint density at radius 3 is 2.96 bits per heavy atom. The second kappa shape index (κ2) is 6.55. The molecule has 6 heteroatoms.